The number of ether oxygens (including phenoxy) is 4. The Morgan fingerprint density at radius 3 is 1.31 bits per heavy atom. The number of benzene rings is 4. The van der Waals surface area contributed by atoms with Gasteiger partial charge in [0, 0.05) is 27.9 Å². The second-order valence-electron chi connectivity index (χ2n) is 11.7. The normalized spacial score (nSPS) is 10.6. The van der Waals surface area contributed by atoms with Gasteiger partial charge in [-0.3, -0.25) is 0 Å². The van der Waals surface area contributed by atoms with E-state index in [0.717, 1.165) is 5.56 Å². The molecule has 0 aliphatic heterocycles. The van der Waals surface area contributed by atoms with Crippen LogP contribution in [0.25, 0.3) is 34.4 Å². The van der Waals surface area contributed by atoms with Crippen LogP contribution in [0, 0.1) is 5.82 Å². The molecule has 0 saturated carbocycles. The summed E-state index contributed by atoms with van der Waals surface area (Å²) in [6.07, 6.45) is 3.38. The van der Waals surface area contributed by atoms with Gasteiger partial charge in [0.2, 0.25) is 0 Å². The number of esters is 4. The maximum absolute atomic E-state index is 15.4. The van der Waals surface area contributed by atoms with Crippen LogP contribution in [-0.4, -0.2) is 23.9 Å². The van der Waals surface area contributed by atoms with Crippen LogP contribution in [0.5, 0.6) is 23.0 Å². The van der Waals surface area contributed by atoms with Crippen molar-refractivity contribution in [1.82, 2.24) is 0 Å². The first-order valence-electron chi connectivity index (χ1n) is 15.5. The summed E-state index contributed by atoms with van der Waals surface area (Å²) in [4.78, 5) is 48.7. The van der Waals surface area contributed by atoms with Gasteiger partial charge >= 0.3 is 23.9 Å². The predicted molar refractivity (Wildman–Crippen MR) is 194 cm³/mol. The third-order valence-electron chi connectivity index (χ3n) is 7.11. The fourth-order valence-electron chi connectivity index (χ4n) is 4.30. The van der Waals surface area contributed by atoms with E-state index in [2.05, 4.69) is 26.3 Å². The first-order valence-corrected chi connectivity index (χ1v) is 15.5. The lowest BCUT2D eigenvalue weighted by molar-refractivity contribution is -0.132. The van der Waals surface area contributed by atoms with Gasteiger partial charge in [0.05, 0.1) is 0 Å². The van der Waals surface area contributed by atoms with Crippen LogP contribution >= 0.6 is 0 Å². The third-order valence-corrected chi connectivity index (χ3v) is 7.11. The first kappa shape index (κ1) is 37.2. The van der Waals surface area contributed by atoms with E-state index >= 15 is 4.39 Å². The van der Waals surface area contributed by atoms with Gasteiger partial charge in [-0.15, -0.1) is 0 Å². The average molecular weight is 687 g/mol. The topological polar surface area (TPSA) is 105 Å². The molecule has 0 bridgehead atoms. The fraction of sp³-hybridized carbons (Fsp3) is 0.0952. The first-order chi connectivity index (χ1) is 24.1. The number of hydrogen-bond donors (Lipinski definition) is 0. The minimum Gasteiger partial charge on any atom is -0.419 e. The molecule has 0 heterocycles. The molecule has 4 aromatic carbocycles. The second-order valence-corrected chi connectivity index (χ2v) is 11.7. The highest BCUT2D eigenvalue weighted by molar-refractivity contribution is 5.92. The molecule has 0 saturated heterocycles. The van der Waals surface area contributed by atoms with Gasteiger partial charge in [0.25, 0.3) is 0 Å². The van der Waals surface area contributed by atoms with Crippen molar-refractivity contribution in [2.24, 2.45) is 0 Å². The Bertz CT molecular complexity index is 2140. The highest BCUT2D eigenvalue weighted by Gasteiger charge is 2.18. The summed E-state index contributed by atoms with van der Waals surface area (Å²) >= 11 is 0. The molecule has 0 aromatic heterocycles. The summed E-state index contributed by atoms with van der Waals surface area (Å²) in [5, 5.41) is 0. The molecule has 0 unspecified atom stereocenters. The van der Waals surface area contributed by atoms with Crippen LogP contribution in [0.15, 0.2) is 127 Å². The van der Waals surface area contributed by atoms with Crippen LogP contribution < -0.4 is 18.9 Å². The molecule has 0 N–H and O–H groups in total. The molecular weight excluding hydrogens is 651 g/mol. The summed E-state index contributed by atoms with van der Waals surface area (Å²) in [5.41, 5.74) is 4.21. The number of rotatable bonds is 12. The Hall–Kier alpha value is -6.61. The lowest BCUT2D eigenvalue weighted by Crippen LogP contribution is -2.12. The lowest BCUT2D eigenvalue weighted by Gasteiger charge is -2.13. The monoisotopic (exact) mass is 686 g/mol. The molecule has 0 amide bonds. The maximum Gasteiger partial charge on any atom is 0.338 e. The summed E-state index contributed by atoms with van der Waals surface area (Å²) in [7, 11) is 0. The van der Waals surface area contributed by atoms with Gasteiger partial charge in [0.15, 0.2) is 23.0 Å². The van der Waals surface area contributed by atoms with Crippen molar-refractivity contribution in [2.75, 3.05) is 0 Å². The van der Waals surface area contributed by atoms with Gasteiger partial charge in [0.1, 0.15) is 5.82 Å². The Balaban J connectivity index is 1.56. The summed E-state index contributed by atoms with van der Waals surface area (Å²) in [6.45, 7) is 20.3. The predicted octanol–water partition coefficient (Wildman–Crippen LogP) is 9.26. The third kappa shape index (κ3) is 9.73. The van der Waals surface area contributed by atoms with Crippen LogP contribution in [0.3, 0.4) is 0 Å². The molecule has 4 rings (SSSR count). The van der Waals surface area contributed by atoms with Crippen molar-refractivity contribution in [2.45, 2.75) is 27.7 Å². The number of carbonyl (C=O) groups excluding carboxylic acids is 4. The van der Waals surface area contributed by atoms with E-state index in [-0.39, 0.29) is 45.3 Å². The zero-order chi connectivity index (χ0) is 37.4. The van der Waals surface area contributed by atoms with E-state index in [1.807, 2.05) is 0 Å². The highest BCUT2D eigenvalue weighted by Crippen LogP contribution is 2.35. The van der Waals surface area contributed by atoms with E-state index in [9.17, 15) is 19.2 Å². The molecule has 9 heteroatoms. The Kier molecular flexibility index (Phi) is 11.8. The molecule has 8 nitrogen and oxygen atoms in total. The molecule has 0 aliphatic carbocycles. The molecule has 0 fully saturated rings. The largest absolute Gasteiger partial charge is 0.419 e. The number of hydrogen-bond acceptors (Lipinski definition) is 8. The van der Waals surface area contributed by atoms with E-state index in [0.29, 0.717) is 27.8 Å². The van der Waals surface area contributed by atoms with Crippen LogP contribution in [0.1, 0.15) is 38.8 Å². The molecule has 0 spiro atoms. The Morgan fingerprint density at radius 1 is 0.471 bits per heavy atom. The van der Waals surface area contributed by atoms with Crippen molar-refractivity contribution < 1.29 is 42.5 Å². The molecule has 0 atom stereocenters. The van der Waals surface area contributed by atoms with Crippen molar-refractivity contribution in [3.63, 3.8) is 0 Å². The van der Waals surface area contributed by atoms with Gasteiger partial charge in [-0.2, -0.15) is 0 Å². The smallest absolute Gasteiger partial charge is 0.338 e. The zero-order valence-electron chi connectivity index (χ0n) is 28.6. The molecular formula is C42H35FO8. The molecule has 0 aliphatic rings. The van der Waals surface area contributed by atoms with Crippen molar-refractivity contribution in [1.29, 1.82) is 0 Å². The maximum atomic E-state index is 15.4. The molecule has 51 heavy (non-hydrogen) atoms. The summed E-state index contributed by atoms with van der Waals surface area (Å²) in [6, 6.07) is 21.3. The highest BCUT2D eigenvalue weighted by atomic mass is 19.1. The molecule has 0 radical (unpaired) electrons. The van der Waals surface area contributed by atoms with Crippen molar-refractivity contribution in [3.8, 4) is 45.3 Å². The second kappa shape index (κ2) is 16.2. The van der Waals surface area contributed by atoms with E-state index in [1.165, 1.54) is 52.0 Å². The Morgan fingerprint density at radius 2 is 0.843 bits per heavy atom. The lowest BCUT2D eigenvalue weighted by atomic mass is 9.98. The summed E-state index contributed by atoms with van der Waals surface area (Å²) in [5.74, 6) is -3.07. The van der Waals surface area contributed by atoms with Crippen LogP contribution in [-0.2, 0) is 19.2 Å². The van der Waals surface area contributed by atoms with Crippen molar-refractivity contribution >= 4 is 36.0 Å². The minimum absolute atomic E-state index is 0.0102. The minimum atomic E-state index is -0.692. The summed E-state index contributed by atoms with van der Waals surface area (Å²) < 4.78 is 36.8. The number of carbonyl (C=O) groups is 4. The van der Waals surface area contributed by atoms with Crippen LogP contribution in [0.2, 0.25) is 0 Å². The van der Waals surface area contributed by atoms with Gasteiger partial charge in [-0.1, -0.05) is 87.0 Å². The standard InChI is InChI=1S/C42H35FO8/c1-24(2)39(44)48-35-19-12-29(22-37(35)50-41(46)26(5)6)10-9-28-11-18-33(34(43)21-28)31-15-13-30(14-16-31)32-17-20-36(49-40(45)25(3)4)38(23-32)51-42(47)27(7)8/h9-23H,1,3,5,7H2,2,4,6,8H3. The van der Waals surface area contributed by atoms with E-state index in [4.69, 9.17) is 18.9 Å². The SMILES string of the molecule is C=C(C)C(=O)Oc1ccc(C=Cc2ccc(-c3ccc(-c4ccc(OC(=O)C(=C)C)c(OC(=O)C(=C)C)c4)cc3)c(F)c2)cc1OC(=O)C(=C)C. The van der Waals surface area contributed by atoms with Gasteiger partial charge < -0.3 is 18.9 Å². The van der Waals surface area contributed by atoms with E-state index in [1.54, 1.807) is 66.7 Å². The van der Waals surface area contributed by atoms with E-state index < -0.39 is 29.7 Å². The molecule has 4 aromatic rings. The molecule has 258 valence electrons. The fourth-order valence-corrected chi connectivity index (χ4v) is 4.30. The van der Waals surface area contributed by atoms with Gasteiger partial charge in [-0.05, 0) is 85.8 Å². The number of halogens is 1. The average Bonchev–Trinajstić information content (AvgIpc) is 3.08. The Labute approximate surface area is 295 Å². The van der Waals surface area contributed by atoms with Crippen molar-refractivity contribution in [3.05, 3.63) is 144 Å². The van der Waals surface area contributed by atoms with Gasteiger partial charge in [-0.25, -0.2) is 23.6 Å². The quantitative estimate of drug-likeness (QED) is 0.0629. The zero-order valence-corrected chi connectivity index (χ0v) is 28.6. The van der Waals surface area contributed by atoms with Crippen LogP contribution in [0.4, 0.5) is 4.39 Å².